The fourth-order valence-electron chi connectivity index (χ4n) is 2.16. The third kappa shape index (κ3) is 4.10. The smallest absolute Gasteiger partial charge is 0.322 e. The van der Waals surface area contributed by atoms with Gasteiger partial charge in [-0.2, -0.15) is 5.26 Å². The van der Waals surface area contributed by atoms with Crippen LogP contribution in [0.1, 0.15) is 43.0 Å². The Hall–Kier alpha value is -1.82. The number of rotatable bonds is 3. The first-order valence-electron chi connectivity index (χ1n) is 6.54. The van der Waals surface area contributed by atoms with Crippen LogP contribution in [0.15, 0.2) is 12.1 Å². The molecule has 0 aliphatic carbocycles. The summed E-state index contributed by atoms with van der Waals surface area (Å²) in [7, 11) is 0. The van der Waals surface area contributed by atoms with E-state index in [1.165, 1.54) is 22.3 Å². The Balaban J connectivity index is 2.87. The van der Waals surface area contributed by atoms with Gasteiger partial charge in [-0.3, -0.25) is 4.79 Å². The molecule has 1 rings (SSSR count). The van der Waals surface area contributed by atoms with E-state index in [0.29, 0.717) is 6.54 Å². The second kappa shape index (κ2) is 5.88. The minimum Gasteiger partial charge on any atom is -0.343 e. The fourth-order valence-corrected chi connectivity index (χ4v) is 2.16. The molecule has 1 aromatic carbocycles. The quantitative estimate of drug-likeness (QED) is 0.848. The molecule has 0 bridgehead atoms. The highest BCUT2D eigenvalue weighted by Crippen LogP contribution is 2.26. The van der Waals surface area contributed by atoms with E-state index in [2.05, 4.69) is 52.1 Å². The zero-order valence-electron chi connectivity index (χ0n) is 12.4. The van der Waals surface area contributed by atoms with Gasteiger partial charge in [-0.1, -0.05) is 32.9 Å². The summed E-state index contributed by atoms with van der Waals surface area (Å²) in [6.45, 7) is 11.3. The molecule has 0 spiro atoms. The van der Waals surface area contributed by atoms with Gasteiger partial charge < -0.3 is 5.32 Å². The number of nitriles is 1. The second-order valence-corrected chi connectivity index (χ2v) is 5.96. The fraction of sp³-hybridized carbons (Fsp3) is 0.500. The van der Waals surface area contributed by atoms with Crippen molar-refractivity contribution in [1.82, 2.24) is 5.32 Å². The summed E-state index contributed by atoms with van der Waals surface area (Å²) in [6.07, 6.45) is 0.759. The van der Waals surface area contributed by atoms with Crippen LogP contribution in [0.2, 0.25) is 0 Å². The maximum Gasteiger partial charge on any atom is 0.322 e. The third-order valence-electron chi connectivity index (χ3n) is 3.32. The number of hydrogen-bond acceptors (Lipinski definition) is 2. The predicted molar refractivity (Wildman–Crippen MR) is 76.9 cm³/mol. The molecular formula is C16H22N2O. The highest BCUT2D eigenvalue weighted by atomic mass is 16.1. The Morgan fingerprint density at radius 2 is 1.79 bits per heavy atom. The van der Waals surface area contributed by atoms with Crippen molar-refractivity contribution in [2.45, 2.75) is 46.5 Å². The highest BCUT2D eigenvalue weighted by molar-refractivity contribution is 5.91. The van der Waals surface area contributed by atoms with Crippen LogP contribution in [-0.2, 0) is 16.6 Å². The number of hydrogen-bond donors (Lipinski definition) is 1. The largest absolute Gasteiger partial charge is 0.343 e. The summed E-state index contributed by atoms with van der Waals surface area (Å²) in [5, 5.41) is 11.0. The van der Waals surface area contributed by atoms with Crippen molar-refractivity contribution in [2.24, 2.45) is 0 Å². The average molecular weight is 258 g/mol. The second-order valence-electron chi connectivity index (χ2n) is 5.96. The number of benzene rings is 1. The SMILES string of the molecule is Cc1cc(C(C)(C)C)cc(C)c1CCNC(=O)C#N. The molecule has 0 unspecified atom stereocenters. The minimum atomic E-state index is -0.568. The lowest BCUT2D eigenvalue weighted by atomic mass is 9.83. The van der Waals surface area contributed by atoms with Crippen molar-refractivity contribution in [3.8, 4) is 6.07 Å². The van der Waals surface area contributed by atoms with E-state index in [1.807, 2.05) is 0 Å². The van der Waals surface area contributed by atoms with Crippen LogP contribution in [0.4, 0.5) is 0 Å². The standard InChI is InChI=1S/C16H22N2O/c1-11-8-13(16(3,4)5)9-12(2)14(11)6-7-18-15(19)10-17/h8-9H,6-7H2,1-5H3,(H,18,19). The van der Waals surface area contributed by atoms with Crippen LogP contribution >= 0.6 is 0 Å². The zero-order valence-corrected chi connectivity index (χ0v) is 12.4. The summed E-state index contributed by atoms with van der Waals surface area (Å²) in [4.78, 5) is 10.9. The van der Waals surface area contributed by atoms with Gasteiger partial charge in [0.15, 0.2) is 6.07 Å². The van der Waals surface area contributed by atoms with Gasteiger partial charge in [0.05, 0.1) is 0 Å². The van der Waals surface area contributed by atoms with E-state index in [-0.39, 0.29) is 5.41 Å². The maximum atomic E-state index is 10.9. The predicted octanol–water partition coefficient (Wildman–Crippen LogP) is 2.78. The number of aryl methyl sites for hydroxylation is 2. The topological polar surface area (TPSA) is 52.9 Å². The molecule has 0 aliphatic rings. The molecule has 0 saturated heterocycles. The maximum absolute atomic E-state index is 10.9. The monoisotopic (exact) mass is 258 g/mol. The molecule has 1 amide bonds. The lowest BCUT2D eigenvalue weighted by Crippen LogP contribution is -2.24. The van der Waals surface area contributed by atoms with Gasteiger partial charge in [0.25, 0.3) is 0 Å². The Labute approximate surface area is 115 Å². The van der Waals surface area contributed by atoms with E-state index >= 15 is 0 Å². The summed E-state index contributed by atoms with van der Waals surface area (Å²) in [5.74, 6) is -0.568. The number of amides is 1. The Bertz CT molecular complexity index is 496. The highest BCUT2D eigenvalue weighted by Gasteiger charge is 2.16. The van der Waals surface area contributed by atoms with Gasteiger partial charge in [-0.05, 0) is 47.9 Å². The first-order valence-corrected chi connectivity index (χ1v) is 6.54. The van der Waals surface area contributed by atoms with Crippen molar-refractivity contribution < 1.29 is 4.79 Å². The lowest BCUT2D eigenvalue weighted by Gasteiger charge is -2.22. The molecule has 0 aromatic heterocycles. The van der Waals surface area contributed by atoms with Gasteiger partial charge in [0, 0.05) is 6.54 Å². The van der Waals surface area contributed by atoms with Crippen LogP contribution in [0.25, 0.3) is 0 Å². The Kier molecular flexibility index (Phi) is 4.72. The van der Waals surface area contributed by atoms with Gasteiger partial charge >= 0.3 is 5.91 Å². The van der Waals surface area contributed by atoms with Gasteiger partial charge in [-0.15, -0.1) is 0 Å². The number of carbonyl (C=O) groups excluding carboxylic acids is 1. The van der Waals surface area contributed by atoms with E-state index in [9.17, 15) is 4.79 Å². The van der Waals surface area contributed by atoms with Crippen molar-refractivity contribution in [2.75, 3.05) is 6.54 Å². The van der Waals surface area contributed by atoms with Crippen LogP contribution in [0.3, 0.4) is 0 Å². The van der Waals surface area contributed by atoms with Gasteiger partial charge in [-0.25, -0.2) is 0 Å². The Morgan fingerprint density at radius 1 is 1.26 bits per heavy atom. The first-order chi connectivity index (χ1) is 8.75. The third-order valence-corrected chi connectivity index (χ3v) is 3.32. The summed E-state index contributed by atoms with van der Waals surface area (Å²) in [5.41, 5.74) is 5.22. The molecule has 0 saturated carbocycles. The minimum absolute atomic E-state index is 0.142. The molecule has 0 radical (unpaired) electrons. The summed E-state index contributed by atoms with van der Waals surface area (Å²) in [6, 6.07) is 5.99. The van der Waals surface area contributed by atoms with Crippen LogP contribution < -0.4 is 5.32 Å². The van der Waals surface area contributed by atoms with E-state index < -0.39 is 5.91 Å². The molecule has 1 N–H and O–H groups in total. The number of nitrogens with zero attached hydrogens (tertiary/aromatic N) is 1. The molecule has 0 heterocycles. The van der Waals surface area contributed by atoms with E-state index in [0.717, 1.165) is 6.42 Å². The van der Waals surface area contributed by atoms with Crippen LogP contribution in [-0.4, -0.2) is 12.5 Å². The molecule has 0 atom stereocenters. The zero-order chi connectivity index (χ0) is 14.6. The van der Waals surface area contributed by atoms with E-state index in [1.54, 1.807) is 6.07 Å². The van der Waals surface area contributed by atoms with Crippen LogP contribution in [0.5, 0.6) is 0 Å². The summed E-state index contributed by atoms with van der Waals surface area (Å²) >= 11 is 0. The first kappa shape index (κ1) is 15.2. The average Bonchev–Trinajstić information content (AvgIpc) is 2.30. The number of nitrogens with one attached hydrogen (secondary N) is 1. The molecule has 1 aromatic rings. The molecular weight excluding hydrogens is 236 g/mol. The molecule has 3 nitrogen and oxygen atoms in total. The summed E-state index contributed by atoms with van der Waals surface area (Å²) < 4.78 is 0. The number of carbonyl (C=O) groups is 1. The van der Waals surface area contributed by atoms with Crippen molar-refractivity contribution in [3.05, 3.63) is 34.4 Å². The van der Waals surface area contributed by atoms with Crippen molar-refractivity contribution >= 4 is 5.91 Å². The van der Waals surface area contributed by atoms with E-state index in [4.69, 9.17) is 5.26 Å². The van der Waals surface area contributed by atoms with Gasteiger partial charge in [0.1, 0.15) is 0 Å². The molecule has 19 heavy (non-hydrogen) atoms. The normalized spacial score (nSPS) is 10.9. The van der Waals surface area contributed by atoms with Crippen LogP contribution in [0, 0.1) is 25.2 Å². The van der Waals surface area contributed by atoms with Crippen molar-refractivity contribution in [3.63, 3.8) is 0 Å². The van der Waals surface area contributed by atoms with Crippen molar-refractivity contribution in [1.29, 1.82) is 5.26 Å². The molecule has 0 fully saturated rings. The molecule has 0 aliphatic heterocycles. The lowest BCUT2D eigenvalue weighted by molar-refractivity contribution is -0.115. The van der Waals surface area contributed by atoms with Gasteiger partial charge in [0.2, 0.25) is 0 Å². The molecule has 3 heteroatoms. The molecule has 102 valence electrons. The Morgan fingerprint density at radius 3 is 2.21 bits per heavy atom.